The Kier molecular flexibility index (Phi) is 9.84. The van der Waals surface area contributed by atoms with E-state index in [4.69, 9.17) is 4.99 Å². The first-order chi connectivity index (χ1) is 15.2. The summed E-state index contributed by atoms with van der Waals surface area (Å²) in [4.78, 5) is 24.2. The number of nitrogens with zero attached hydrogens (tertiary/aromatic N) is 4. The standard InChI is InChI=1S/C25H37N5O.HI/c1-2-26-25(30-14-11-22(12-15-30)21-7-4-3-5-8-21)27-13-16-28-17-19-29(20-18-28)24(31)23-9-6-10-23;/h3-5,7-8,11,23H,2,6,9-10,12-20H2,1H3,(H,26,27);1H. The Morgan fingerprint density at radius 2 is 1.81 bits per heavy atom. The Bertz CT molecular complexity index is 785. The lowest BCUT2D eigenvalue weighted by atomic mass is 9.84. The molecule has 1 saturated carbocycles. The third-order valence-electron chi connectivity index (χ3n) is 6.80. The third-order valence-corrected chi connectivity index (χ3v) is 6.80. The predicted octanol–water partition coefficient (Wildman–Crippen LogP) is 3.30. The number of benzene rings is 1. The molecule has 6 nitrogen and oxygen atoms in total. The van der Waals surface area contributed by atoms with Gasteiger partial charge in [0.05, 0.1) is 6.54 Å². The van der Waals surface area contributed by atoms with E-state index in [2.05, 4.69) is 63.3 Å². The maximum Gasteiger partial charge on any atom is 0.225 e. The second kappa shape index (κ2) is 12.6. The van der Waals surface area contributed by atoms with Crippen LogP contribution in [0.3, 0.4) is 0 Å². The first kappa shape index (κ1) is 25.0. The van der Waals surface area contributed by atoms with Crippen LogP contribution in [-0.2, 0) is 4.79 Å². The van der Waals surface area contributed by atoms with Crippen LogP contribution in [0, 0.1) is 5.92 Å². The SMILES string of the molecule is CCNC(=NCCN1CCN(C(=O)C2CCC2)CC1)N1CC=C(c2ccccc2)CC1.I. The Morgan fingerprint density at radius 1 is 1.06 bits per heavy atom. The number of carbonyl (C=O) groups excluding carboxylic acids is 1. The van der Waals surface area contributed by atoms with Gasteiger partial charge in [-0.1, -0.05) is 42.8 Å². The van der Waals surface area contributed by atoms with Crippen molar-refractivity contribution in [2.75, 3.05) is 58.9 Å². The molecule has 32 heavy (non-hydrogen) atoms. The molecule has 2 heterocycles. The van der Waals surface area contributed by atoms with Crippen LogP contribution in [-0.4, -0.2) is 85.5 Å². The number of aliphatic imine (C=N–C) groups is 1. The van der Waals surface area contributed by atoms with Gasteiger partial charge in [-0.05, 0) is 37.3 Å². The zero-order chi connectivity index (χ0) is 21.5. The van der Waals surface area contributed by atoms with Crippen molar-refractivity contribution in [3.63, 3.8) is 0 Å². The van der Waals surface area contributed by atoms with Crippen molar-refractivity contribution < 1.29 is 4.79 Å². The van der Waals surface area contributed by atoms with Gasteiger partial charge in [0.15, 0.2) is 5.96 Å². The highest BCUT2D eigenvalue weighted by molar-refractivity contribution is 14.0. The lowest BCUT2D eigenvalue weighted by Crippen LogP contribution is -2.51. The summed E-state index contributed by atoms with van der Waals surface area (Å²) in [5, 5.41) is 3.47. The molecule has 176 valence electrons. The summed E-state index contributed by atoms with van der Waals surface area (Å²) in [6.45, 7) is 10.3. The van der Waals surface area contributed by atoms with E-state index in [1.165, 1.54) is 17.6 Å². The van der Waals surface area contributed by atoms with E-state index < -0.39 is 0 Å². The summed E-state index contributed by atoms with van der Waals surface area (Å²) in [5.74, 6) is 1.73. The molecule has 0 bridgehead atoms. The number of nitrogens with one attached hydrogen (secondary N) is 1. The van der Waals surface area contributed by atoms with Gasteiger partial charge in [0.2, 0.25) is 5.91 Å². The van der Waals surface area contributed by atoms with E-state index in [-0.39, 0.29) is 24.0 Å². The Labute approximate surface area is 210 Å². The predicted molar refractivity (Wildman–Crippen MR) is 142 cm³/mol. The Balaban J connectivity index is 0.00000289. The summed E-state index contributed by atoms with van der Waals surface area (Å²) in [5.41, 5.74) is 2.76. The largest absolute Gasteiger partial charge is 0.357 e. The summed E-state index contributed by atoms with van der Waals surface area (Å²) >= 11 is 0. The van der Waals surface area contributed by atoms with E-state index in [0.717, 1.165) is 84.1 Å². The number of halogens is 1. The topological polar surface area (TPSA) is 51.2 Å². The zero-order valence-electron chi connectivity index (χ0n) is 19.3. The molecular weight excluding hydrogens is 513 g/mol. The number of hydrogen-bond donors (Lipinski definition) is 1. The quantitative estimate of drug-likeness (QED) is 0.335. The van der Waals surface area contributed by atoms with Crippen LogP contribution in [0.1, 0.15) is 38.2 Å². The van der Waals surface area contributed by atoms with E-state index in [1.807, 2.05) is 0 Å². The molecule has 1 saturated heterocycles. The van der Waals surface area contributed by atoms with Gasteiger partial charge in [0.25, 0.3) is 0 Å². The Hall–Kier alpha value is -1.61. The normalized spacial score (nSPS) is 20.3. The molecule has 1 aliphatic carbocycles. The monoisotopic (exact) mass is 551 g/mol. The second-order valence-corrected chi connectivity index (χ2v) is 8.82. The molecule has 3 aliphatic rings. The summed E-state index contributed by atoms with van der Waals surface area (Å²) in [7, 11) is 0. The third kappa shape index (κ3) is 6.47. The van der Waals surface area contributed by atoms with E-state index in [0.29, 0.717) is 11.8 Å². The fraction of sp³-hybridized carbons (Fsp3) is 0.600. The molecule has 2 aliphatic heterocycles. The highest BCUT2D eigenvalue weighted by Gasteiger charge is 2.31. The molecule has 0 aromatic heterocycles. The van der Waals surface area contributed by atoms with Gasteiger partial charge < -0.3 is 15.1 Å². The van der Waals surface area contributed by atoms with E-state index in [1.54, 1.807) is 0 Å². The number of guanidine groups is 1. The summed E-state index contributed by atoms with van der Waals surface area (Å²) in [6.07, 6.45) is 6.80. The molecule has 0 spiro atoms. The van der Waals surface area contributed by atoms with Crippen LogP contribution in [0.2, 0.25) is 0 Å². The minimum atomic E-state index is 0. The van der Waals surface area contributed by atoms with Gasteiger partial charge in [-0.3, -0.25) is 14.7 Å². The first-order valence-corrected chi connectivity index (χ1v) is 12.0. The number of amides is 1. The van der Waals surface area contributed by atoms with Crippen LogP contribution in [0.4, 0.5) is 0 Å². The number of rotatable bonds is 6. The molecule has 1 aromatic rings. The highest BCUT2D eigenvalue weighted by Crippen LogP contribution is 2.28. The van der Waals surface area contributed by atoms with Gasteiger partial charge in [-0.2, -0.15) is 0 Å². The maximum atomic E-state index is 12.4. The van der Waals surface area contributed by atoms with E-state index in [9.17, 15) is 4.79 Å². The number of hydrogen-bond acceptors (Lipinski definition) is 3. The van der Waals surface area contributed by atoms with Crippen LogP contribution < -0.4 is 5.32 Å². The second-order valence-electron chi connectivity index (χ2n) is 8.82. The van der Waals surface area contributed by atoms with Crippen LogP contribution >= 0.6 is 24.0 Å². The highest BCUT2D eigenvalue weighted by atomic mass is 127. The lowest BCUT2D eigenvalue weighted by Gasteiger charge is -2.38. The molecule has 7 heteroatoms. The molecule has 1 N–H and O–H groups in total. The average Bonchev–Trinajstić information content (AvgIpc) is 2.78. The van der Waals surface area contributed by atoms with Crippen molar-refractivity contribution in [3.05, 3.63) is 42.0 Å². The lowest BCUT2D eigenvalue weighted by molar-refractivity contribution is -0.139. The molecule has 2 fully saturated rings. The molecular formula is C25H38IN5O. The van der Waals surface area contributed by atoms with Crippen molar-refractivity contribution >= 4 is 41.4 Å². The fourth-order valence-electron chi connectivity index (χ4n) is 4.60. The van der Waals surface area contributed by atoms with Crippen molar-refractivity contribution in [2.45, 2.75) is 32.6 Å². The minimum absolute atomic E-state index is 0. The Morgan fingerprint density at radius 3 is 2.41 bits per heavy atom. The molecule has 0 radical (unpaired) electrons. The van der Waals surface area contributed by atoms with Gasteiger partial charge in [-0.15, -0.1) is 24.0 Å². The smallest absolute Gasteiger partial charge is 0.225 e. The summed E-state index contributed by atoms with van der Waals surface area (Å²) < 4.78 is 0. The maximum absolute atomic E-state index is 12.4. The van der Waals surface area contributed by atoms with Gasteiger partial charge in [-0.25, -0.2) is 0 Å². The van der Waals surface area contributed by atoms with Crippen molar-refractivity contribution in [2.24, 2.45) is 10.9 Å². The molecule has 0 atom stereocenters. The van der Waals surface area contributed by atoms with Crippen LogP contribution in [0.25, 0.3) is 5.57 Å². The molecule has 0 unspecified atom stereocenters. The molecule has 1 aromatic carbocycles. The van der Waals surface area contributed by atoms with Crippen molar-refractivity contribution in [3.8, 4) is 0 Å². The van der Waals surface area contributed by atoms with Crippen LogP contribution in [0.5, 0.6) is 0 Å². The van der Waals surface area contributed by atoms with Crippen molar-refractivity contribution in [1.82, 2.24) is 20.0 Å². The minimum Gasteiger partial charge on any atom is -0.357 e. The number of carbonyl (C=O) groups is 1. The summed E-state index contributed by atoms with van der Waals surface area (Å²) in [6, 6.07) is 10.7. The molecule has 4 rings (SSSR count). The zero-order valence-corrected chi connectivity index (χ0v) is 21.7. The average molecular weight is 552 g/mol. The van der Waals surface area contributed by atoms with Gasteiger partial charge in [0.1, 0.15) is 0 Å². The number of piperazine rings is 1. The van der Waals surface area contributed by atoms with E-state index >= 15 is 0 Å². The van der Waals surface area contributed by atoms with Gasteiger partial charge >= 0.3 is 0 Å². The van der Waals surface area contributed by atoms with Gasteiger partial charge in [0, 0.05) is 58.3 Å². The first-order valence-electron chi connectivity index (χ1n) is 12.0. The van der Waals surface area contributed by atoms with Crippen LogP contribution in [0.15, 0.2) is 41.4 Å². The fourth-order valence-corrected chi connectivity index (χ4v) is 4.60. The van der Waals surface area contributed by atoms with Crippen molar-refractivity contribution in [1.29, 1.82) is 0 Å². The molecule has 1 amide bonds.